The summed E-state index contributed by atoms with van der Waals surface area (Å²) in [7, 11) is -2.48. The molecule has 1 atom stereocenters. The molecule has 0 heterocycles. The molecule has 0 saturated carbocycles. The zero-order valence-electron chi connectivity index (χ0n) is 9.68. The standard InChI is InChI=1S/C10H12BrNO5S/c1-6(10(13)14)12-18(15,16)7-3-4-8(11)9(5-7)17-2/h3-6,12H,1-2H3,(H,13,14)/t6-/m0/s1. The van der Waals surface area contributed by atoms with Gasteiger partial charge in [0.1, 0.15) is 11.8 Å². The van der Waals surface area contributed by atoms with Crippen molar-refractivity contribution in [3.05, 3.63) is 22.7 Å². The quantitative estimate of drug-likeness (QED) is 0.842. The van der Waals surface area contributed by atoms with Gasteiger partial charge < -0.3 is 9.84 Å². The van der Waals surface area contributed by atoms with E-state index in [2.05, 4.69) is 15.9 Å². The molecule has 0 aliphatic heterocycles. The summed E-state index contributed by atoms with van der Waals surface area (Å²) in [4.78, 5) is 10.6. The van der Waals surface area contributed by atoms with E-state index in [1.807, 2.05) is 4.72 Å². The van der Waals surface area contributed by atoms with Crippen LogP contribution in [0, 0.1) is 0 Å². The first kappa shape index (κ1) is 14.9. The van der Waals surface area contributed by atoms with Crippen LogP contribution in [-0.4, -0.2) is 32.6 Å². The highest BCUT2D eigenvalue weighted by Crippen LogP contribution is 2.27. The second-order valence-electron chi connectivity index (χ2n) is 3.48. The molecule has 0 radical (unpaired) electrons. The van der Waals surface area contributed by atoms with Crippen molar-refractivity contribution < 1.29 is 23.1 Å². The van der Waals surface area contributed by atoms with Gasteiger partial charge in [0.25, 0.3) is 0 Å². The molecule has 0 amide bonds. The first-order chi connectivity index (χ1) is 8.27. The van der Waals surface area contributed by atoms with Crippen molar-refractivity contribution in [2.75, 3.05) is 7.11 Å². The second-order valence-corrected chi connectivity index (χ2v) is 6.05. The predicted molar refractivity (Wildman–Crippen MR) is 68.1 cm³/mol. The van der Waals surface area contributed by atoms with Gasteiger partial charge in [-0.25, -0.2) is 8.42 Å². The molecule has 0 aliphatic carbocycles. The van der Waals surface area contributed by atoms with Crippen molar-refractivity contribution in [3.8, 4) is 5.75 Å². The number of hydrogen-bond acceptors (Lipinski definition) is 4. The van der Waals surface area contributed by atoms with Gasteiger partial charge in [-0.3, -0.25) is 4.79 Å². The lowest BCUT2D eigenvalue weighted by atomic mass is 10.3. The summed E-state index contributed by atoms with van der Waals surface area (Å²) in [5.74, 6) is -0.900. The summed E-state index contributed by atoms with van der Waals surface area (Å²) in [5, 5.41) is 8.68. The molecule has 0 fully saturated rings. The van der Waals surface area contributed by atoms with Crippen molar-refractivity contribution >= 4 is 31.9 Å². The van der Waals surface area contributed by atoms with Gasteiger partial charge in [-0.2, -0.15) is 4.72 Å². The molecule has 1 aromatic carbocycles. The zero-order valence-corrected chi connectivity index (χ0v) is 12.1. The molecule has 0 bridgehead atoms. The van der Waals surface area contributed by atoms with Crippen LogP contribution in [0.15, 0.2) is 27.6 Å². The average molecular weight is 338 g/mol. The minimum absolute atomic E-state index is 0.0596. The SMILES string of the molecule is COc1cc(S(=O)(=O)N[C@@H](C)C(=O)O)ccc1Br. The molecule has 1 aromatic rings. The van der Waals surface area contributed by atoms with Crippen LogP contribution < -0.4 is 9.46 Å². The van der Waals surface area contributed by atoms with Gasteiger partial charge >= 0.3 is 5.97 Å². The third-order valence-electron chi connectivity index (χ3n) is 2.14. The Balaban J connectivity index is 3.09. The Morgan fingerprint density at radius 3 is 2.61 bits per heavy atom. The maximum atomic E-state index is 11.9. The number of rotatable bonds is 5. The number of sulfonamides is 1. The zero-order chi connectivity index (χ0) is 13.9. The maximum Gasteiger partial charge on any atom is 0.321 e. The number of halogens is 1. The molecule has 2 N–H and O–H groups in total. The van der Waals surface area contributed by atoms with Crippen molar-refractivity contribution in [3.63, 3.8) is 0 Å². The van der Waals surface area contributed by atoms with E-state index in [0.717, 1.165) is 0 Å². The monoisotopic (exact) mass is 337 g/mol. The Bertz CT molecular complexity index is 557. The third kappa shape index (κ3) is 3.44. The van der Waals surface area contributed by atoms with Crippen LogP contribution >= 0.6 is 15.9 Å². The highest BCUT2D eigenvalue weighted by molar-refractivity contribution is 9.10. The molecule has 0 saturated heterocycles. The molecule has 0 aromatic heterocycles. The lowest BCUT2D eigenvalue weighted by Crippen LogP contribution is -2.38. The maximum absolute atomic E-state index is 11.9. The summed E-state index contributed by atoms with van der Waals surface area (Å²) in [5.41, 5.74) is 0. The predicted octanol–water partition coefficient (Wildman–Crippen LogP) is 1.21. The Labute approximate surface area is 113 Å². The summed E-state index contributed by atoms with van der Waals surface area (Å²) >= 11 is 3.20. The highest BCUT2D eigenvalue weighted by atomic mass is 79.9. The summed E-state index contributed by atoms with van der Waals surface area (Å²) in [6.07, 6.45) is 0. The lowest BCUT2D eigenvalue weighted by molar-refractivity contribution is -0.138. The average Bonchev–Trinajstić information content (AvgIpc) is 2.28. The highest BCUT2D eigenvalue weighted by Gasteiger charge is 2.22. The van der Waals surface area contributed by atoms with Gasteiger partial charge in [-0.05, 0) is 35.0 Å². The topological polar surface area (TPSA) is 92.7 Å². The molecule has 6 nitrogen and oxygen atoms in total. The molecule has 0 aliphatic rings. The molecule has 1 rings (SSSR count). The number of ether oxygens (including phenoxy) is 1. The van der Waals surface area contributed by atoms with Gasteiger partial charge in [0, 0.05) is 6.07 Å². The molecule has 18 heavy (non-hydrogen) atoms. The normalized spacial score (nSPS) is 13.1. The van der Waals surface area contributed by atoms with E-state index in [-0.39, 0.29) is 4.90 Å². The van der Waals surface area contributed by atoms with Crippen LogP contribution in [0.25, 0.3) is 0 Å². The number of carbonyl (C=O) groups is 1. The second kappa shape index (κ2) is 5.68. The summed E-state index contributed by atoms with van der Waals surface area (Å²) in [6.45, 7) is 1.25. The number of nitrogens with one attached hydrogen (secondary N) is 1. The van der Waals surface area contributed by atoms with Crippen molar-refractivity contribution in [2.45, 2.75) is 17.9 Å². The molecular formula is C10H12BrNO5S. The Morgan fingerprint density at radius 2 is 2.11 bits per heavy atom. The fourth-order valence-electron chi connectivity index (χ4n) is 1.16. The summed E-state index contributed by atoms with van der Waals surface area (Å²) < 4.78 is 31.4. The number of aliphatic carboxylic acids is 1. The van der Waals surface area contributed by atoms with Crippen LogP contribution in [0.2, 0.25) is 0 Å². The van der Waals surface area contributed by atoms with Crippen molar-refractivity contribution in [2.24, 2.45) is 0 Å². The fraction of sp³-hybridized carbons (Fsp3) is 0.300. The number of carboxylic acids is 1. The number of carboxylic acid groups (broad SMARTS) is 1. The molecule has 0 spiro atoms. The number of benzene rings is 1. The minimum Gasteiger partial charge on any atom is -0.496 e. The van der Waals surface area contributed by atoms with Gasteiger partial charge in [0.2, 0.25) is 10.0 Å². The van der Waals surface area contributed by atoms with Gasteiger partial charge in [0.15, 0.2) is 0 Å². The largest absolute Gasteiger partial charge is 0.496 e. The van der Waals surface area contributed by atoms with E-state index >= 15 is 0 Å². The first-order valence-corrected chi connectivity index (χ1v) is 7.14. The summed E-state index contributed by atoms with van der Waals surface area (Å²) in [6, 6.07) is 2.97. The van der Waals surface area contributed by atoms with E-state index in [1.54, 1.807) is 0 Å². The van der Waals surface area contributed by atoms with Crippen LogP contribution in [0.3, 0.4) is 0 Å². The minimum atomic E-state index is -3.89. The van der Waals surface area contributed by atoms with E-state index in [1.165, 1.54) is 32.2 Å². The fourth-order valence-corrected chi connectivity index (χ4v) is 2.78. The molecule has 0 unspecified atom stereocenters. The van der Waals surface area contributed by atoms with E-state index < -0.39 is 22.0 Å². The Kier molecular flexibility index (Phi) is 4.71. The number of hydrogen-bond donors (Lipinski definition) is 2. The van der Waals surface area contributed by atoms with Crippen LogP contribution in [-0.2, 0) is 14.8 Å². The Hall–Kier alpha value is -1.12. The first-order valence-electron chi connectivity index (χ1n) is 4.86. The number of methoxy groups -OCH3 is 1. The van der Waals surface area contributed by atoms with Crippen LogP contribution in [0.5, 0.6) is 5.75 Å². The molecule has 8 heteroatoms. The van der Waals surface area contributed by atoms with Crippen LogP contribution in [0.4, 0.5) is 0 Å². The Morgan fingerprint density at radius 1 is 1.50 bits per heavy atom. The van der Waals surface area contributed by atoms with Crippen LogP contribution in [0.1, 0.15) is 6.92 Å². The lowest BCUT2D eigenvalue weighted by Gasteiger charge is -2.11. The van der Waals surface area contributed by atoms with Gasteiger partial charge in [-0.1, -0.05) is 0 Å². The molecule has 100 valence electrons. The van der Waals surface area contributed by atoms with Gasteiger partial charge in [0.05, 0.1) is 16.5 Å². The van der Waals surface area contributed by atoms with E-state index in [4.69, 9.17) is 9.84 Å². The van der Waals surface area contributed by atoms with Crippen molar-refractivity contribution in [1.82, 2.24) is 4.72 Å². The van der Waals surface area contributed by atoms with E-state index in [0.29, 0.717) is 10.2 Å². The third-order valence-corrected chi connectivity index (χ3v) is 4.33. The smallest absolute Gasteiger partial charge is 0.321 e. The van der Waals surface area contributed by atoms with Gasteiger partial charge in [-0.15, -0.1) is 0 Å². The molecular weight excluding hydrogens is 326 g/mol. The van der Waals surface area contributed by atoms with E-state index in [9.17, 15) is 13.2 Å². The van der Waals surface area contributed by atoms with Crippen molar-refractivity contribution in [1.29, 1.82) is 0 Å².